The number of hydrogen-bond acceptors (Lipinski definition) is 20. The summed E-state index contributed by atoms with van der Waals surface area (Å²) in [6, 6.07) is -2.61. The van der Waals surface area contributed by atoms with Crippen LogP contribution in [0.25, 0.3) is 0 Å². The molecule has 0 aliphatic carbocycles. The first-order chi connectivity index (χ1) is 41.9. The summed E-state index contributed by atoms with van der Waals surface area (Å²) in [6.07, 6.45) is 12.6. The number of aliphatic carboxylic acids is 1. The van der Waals surface area contributed by atoms with E-state index in [1.54, 1.807) is 6.08 Å². The quantitative estimate of drug-likeness (QED) is 0.0278. The number of carboxylic acid groups (broad SMARTS) is 1. The van der Waals surface area contributed by atoms with Crippen molar-refractivity contribution in [2.75, 3.05) is 26.4 Å². The van der Waals surface area contributed by atoms with Crippen LogP contribution in [0.15, 0.2) is 12.2 Å². The van der Waals surface area contributed by atoms with Gasteiger partial charge in [0, 0.05) is 19.8 Å². The average molecular weight is 1250 g/mol. The summed E-state index contributed by atoms with van der Waals surface area (Å²) in [4.78, 5) is 38.5. The molecule has 0 radical (unpaired) electrons. The van der Waals surface area contributed by atoms with Gasteiger partial charge in [-0.1, -0.05) is 212 Å². The molecule has 0 aromatic carbocycles. The van der Waals surface area contributed by atoms with Crippen LogP contribution < -0.4 is 10.6 Å². The molecule has 0 aromatic rings. The van der Waals surface area contributed by atoms with Gasteiger partial charge in [-0.15, -0.1) is 0 Å². The summed E-state index contributed by atoms with van der Waals surface area (Å²) in [6.45, 7) is 2.13. The maximum atomic E-state index is 13.4. The van der Waals surface area contributed by atoms with Gasteiger partial charge in [0.25, 0.3) is 5.79 Å². The molecule has 3 fully saturated rings. The topological polar surface area (TPSA) is 373 Å². The summed E-state index contributed by atoms with van der Waals surface area (Å²) in [5.74, 6) is -6.14. The van der Waals surface area contributed by atoms with Gasteiger partial charge in [-0.05, 0) is 19.3 Å². The van der Waals surface area contributed by atoms with Crippen LogP contribution >= 0.6 is 0 Å². The van der Waals surface area contributed by atoms with Gasteiger partial charge in [0.2, 0.25) is 11.8 Å². The molecule has 2 amide bonds. The minimum Gasteiger partial charge on any atom is -0.477 e. The Morgan fingerprint density at radius 3 is 1.53 bits per heavy atom. The van der Waals surface area contributed by atoms with E-state index in [0.29, 0.717) is 12.8 Å². The first kappa shape index (κ1) is 78.7. The van der Waals surface area contributed by atoms with Gasteiger partial charge in [-0.2, -0.15) is 0 Å². The number of unbranched alkanes of at least 4 members (excludes halogenated alkanes) is 30. The van der Waals surface area contributed by atoms with Crippen molar-refractivity contribution in [2.45, 2.75) is 349 Å². The highest BCUT2D eigenvalue weighted by atomic mass is 16.8. The SMILES string of the molecule is CCCCCCCCCCCCC/C=C\[C@@H](O)[C@H](CO[C@@H]1O[C@H](CO)[C@@H](O[C@@H]2O[C@H](CO)[C@H](O)[C@H](O[C@]3(C(=O)O)C[C@H](O)[C@@H](NC(C)=O)[C@H]([C@H](O)[C@H](O)CO)O3)[C@H]2O)[C@H](O)[C@H]1O)NC(=O)CCCCCCCCCCCCCCCCCCCCCC. The van der Waals surface area contributed by atoms with Crippen LogP contribution in [0.4, 0.5) is 0 Å². The molecule has 3 saturated heterocycles. The van der Waals surface area contributed by atoms with E-state index in [-0.39, 0.29) is 12.3 Å². The Bertz CT molecular complexity index is 1820. The third-order valence-corrected chi connectivity index (χ3v) is 17.2. The molecular weight excluding hydrogens is 1130 g/mol. The van der Waals surface area contributed by atoms with Crippen LogP contribution in [-0.2, 0) is 42.8 Å². The lowest BCUT2D eigenvalue weighted by Crippen LogP contribution is -2.70. The summed E-state index contributed by atoms with van der Waals surface area (Å²) in [7, 11) is 0. The molecule has 0 saturated carbocycles. The van der Waals surface area contributed by atoms with Gasteiger partial charge in [0.1, 0.15) is 67.1 Å². The Kier molecular flexibility index (Phi) is 41.3. The third-order valence-electron chi connectivity index (χ3n) is 17.2. The standard InChI is InChI=1S/C64H118N2O21/c1-4-6-8-10-12-14-16-18-19-20-21-22-23-24-26-28-30-32-34-36-38-51(74)66-45(46(71)37-35-33-31-29-27-25-17-15-13-11-9-7-5-2)43-82-61-56(78)55(77)58(50(42-69)84-61)85-62-57(79)60(54(76)49(41-68)83-62)87-64(63(80)81)39-47(72)52(65-44(3)70)59(86-64)53(75)48(73)40-67/h35,37,45-50,52-62,67-69,71-73,75-79H,4-34,36,38-43H2,1-3H3,(H,65,70)(H,66,74)(H,80,81)/b37-35-/t45-,46+,47-,48+,49+,50+,52+,53+,54-,55+,56+,57+,58+,59+,60-,61+,62-,64-/m0/s1. The van der Waals surface area contributed by atoms with Gasteiger partial charge >= 0.3 is 5.97 Å². The molecule has 510 valence electrons. The Morgan fingerprint density at radius 1 is 0.598 bits per heavy atom. The summed E-state index contributed by atoms with van der Waals surface area (Å²) >= 11 is 0. The second kappa shape index (κ2) is 45.7. The Morgan fingerprint density at radius 2 is 1.07 bits per heavy atom. The Labute approximate surface area is 518 Å². The molecule has 0 unspecified atom stereocenters. The smallest absolute Gasteiger partial charge is 0.364 e. The van der Waals surface area contributed by atoms with Crippen molar-refractivity contribution in [2.24, 2.45) is 0 Å². The lowest BCUT2D eigenvalue weighted by atomic mass is 9.88. The minimum absolute atomic E-state index is 0.205. The first-order valence-corrected chi connectivity index (χ1v) is 33.6. The molecule has 3 rings (SSSR count). The number of carboxylic acids is 1. The van der Waals surface area contributed by atoms with Gasteiger partial charge < -0.3 is 100 Å². The van der Waals surface area contributed by atoms with Crippen molar-refractivity contribution in [3.63, 3.8) is 0 Å². The molecule has 87 heavy (non-hydrogen) atoms. The number of amides is 2. The number of nitrogens with one attached hydrogen (secondary N) is 2. The van der Waals surface area contributed by atoms with E-state index in [4.69, 9.17) is 28.4 Å². The summed E-state index contributed by atoms with van der Waals surface area (Å²) in [5.41, 5.74) is 0. The predicted molar refractivity (Wildman–Crippen MR) is 325 cm³/mol. The molecule has 0 aromatic heterocycles. The number of rotatable bonds is 50. The second-order valence-electron chi connectivity index (χ2n) is 24.7. The van der Waals surface area contributed by atoms with Crippen LogP contribution in [0.3, 0.4) is 0 Å². The number of aliphatic hydroxyl groups excluding tert-OH is 11. The van der Waals surface area contributed by atoms with E-state index < -0.39 is 155 Å². The average Bonchev–Trinajstić information content (AvgIpc) is 1.65. The lowest BCUT2D eigenvalue weighted by molar-refractivity contribution is -0.386. The van der Waals surface area contributed by atoms with Crippen molar-refractivity contribution in [1.29, 1.82) is 0 Å². The lowest BCUT2D eigenvalue weighted by Gasteiger charge is -2.50. The fraction of sp³-hybridized carbons (Fsp3) is 0.922. The van der Waals surface area contributed by atoms with E-state index in [1.807, 2.05) is 6.08 Å². The number of hydrogen-bond donors (Lipinski definition) is 14. The Balaban J connectivity index is 1.61. The number of carbonyl (C=O) groups excluding carboxylic acids is 2. The summed E-state index contributed by atoms with van der Waals surface area (Å²) in [5, 5.41) is 136. The van der Waals surface area contributed by atoms with Crippen molar-refractivity contribution in [3.8, 4) is 0 Å². The van der Waals surface area contributed by atoms with Crippen LogP contribution in [0, 0.1) is 0 Å². The van der Waals surface area contributed by atoms with E-state index in [2.05, 4.69) is 24.5 Å². The van der Waals surface area contributed by atoms with E-state index >= 15 is 0 Å². The zero-order valence-corrected chi connectivity index (χ0v) is 52.9. The molecule has 3 aliphatic rings. The van der Waals surface area contributed by atoms with Gasteiger partial charge in [-0.3, -0.25) is 9.59 Å². The fourth-order valence-corrected chi connectivity index (χ4v) is 11.8. The van der Waals surface area contributed by atoms with Crippen LogP contribution in [0.1, 0.15) is 239 Å². The summed E-state index contributed by atoms with van der Waals surface area (Å²) < 4.78 is 34.7. The molecule has 0 spiro atoms. The minimum atomic E-state index is -3.08. The molecule has 23 nitrogen and oxygen atoms in total. The van der Waals surface area contributed by atoms with Crippen molar-refractivity contribution in [3.05, 3.63) is 12.2 Å². The zero-order valence-electron chi connectivity index (χ0n) is 52.9. The van der Waals surface area contributed by atoms with Crippen LogP contribution in [0.2, 0.25) is 0 Å². The maximum absolute atomic E-state index is 13.4. The highest BCUT2D eigenvalue weighted by Gasteiger charge is 2.60. The number of carbonyl (C=O) groups is 3. The molecular formula is C64H118N2O21. The zero-order chi connectivity index (χ0) is 64.0. The highest BCUT2D eigenvalue weighted by Crippen LogP contribution is 2.39. The molecule has 3 aliphatic heterocycles. The van der Waals surface area contributed by atoms with E-state index in [0.717, 1.165) is 51.9 Å². The van der Waals surface area contributed by atoms with E-state index in [1.165, 1.54) is 148 Å². The van der Waals surface area contributed by atoms with E-state index in [9.17, 15) is 75.7 Å². The fourth-order valence-electron chi connectivity index (χ4n) is 11.8. The number of ether oxygens (including phenoxy) is 6. The van der Waals surface area contributed by atoms with Crippen molar-refractivity contribution < 1.29 is 104 Å². The molecule has 23 heteroatoms. The first-order valence-electron chi connectivity index (χ1n) is 33.6. The van der Waals surface area contributed by atoms with Crippen molar-refractivity contribution >= 4 is 17.8 Å². The second-order valence-corrected chi connectivity index (χ2v) is 24.7. The number of aliphatic hydroxyl groups is 11. The Hall–Kier alpha value is -2.53. The molecule has 14 N–H and O–H groups in total. The largest absolute Gasteiger partial charge is 0.477 e. The maximum Gasteiger partial charge on any atom is 0.364 e. The van der Waals surface area contributed by atoms with Crippen LogP contribution in [0.5, 0.6) is 0 Å². The van der Waals surface area contributed by atoms with Gasteiger partial charge in [0.15, 0.2) is 12.6 Å². The normalized spacial score (nSPS) is 29.2. The van der Waals surface area contributed by atoms with Crippen molar-refractivity contribution in [1.82, 2.24) is 10.6 Å². The van der Waals surface area contributed by atoms with Gasteiger partial charge in [-0.25, -0.2) is 4.79 Å². The molecule has 18 atom stereocenters. The highest BCUT2D eigenvalue weighted by molar-refractivity contribution is 5.77. The predicted octanol–water partition coefficient (Wildman–Crippen LogP) is 5.12. The van der Waals surface area contributed by atoms with Gasteiger partial charge in [0.05, 0.1) is 50.7 Å². The third kappa shape index (κ3) is 28.9. The molecule has 3 heterocycles. The molecule has 0 bridgehead atoms. The number of allylic oxidation sites excluding steroid dienone is 1. The van der Waals surface area contributed by atoms with Crippen LogP contribution in [-0.4, -0.2) is 215 Å². The monoisotopic (exact) mass is 1250 g/mol.